The number of rotatable bonds is 6. The molecule has 3 heterocycles. The zero-order valence-corrected chi connectivity index (χ0v) is 22.2. The standard InChI is InChI=1S/C26H28ClFN6O2S/c1-32(2)18-8-10-33(11-9-18)22-7-6-17(12-16(22)14-35)30-26-29-13-19-24(31-26)37-15-34(25(19)36)23-20(27)4-3-5-21(23)28/h3-7,12-13,18,35H,8-11,14-15H2,1-2H3,(H,29,30,31). The molecule has 2 aliphatic heterocycles. The molecule has 1 saturated heterocycles. The molecule has 194 valence electrons. The summed E-state index contributed by atoms with van der Waals surface area (Å²) in [5.41, 5.74) is 2.94. The summed E-state index contributed by atoms with van der Waals surface area (Å²) in [5.74, 6) is -0.456. The molecule has 5 rings (SSSR count). The van der Waals surface area contributed by atoms with Gasteiger partial charge in [-0.3, -0.25) is 9.69 Å². The number of fused-ring (bicyclic) bond motifs is 1. The van der Waals surface area contributed by atoms with Crippen LogP contribution in [-0.4, -0.2) is 65.0 Å². The van der Waals surface area contributed by atoms with Gasteiger partial charge < -0.3 is 20.2 Å². The number of aromatic nitrogens is 2. The molecular formula is C26H28ClFN6O2S. The van der Waals surface area contributed by atoms with E-state index < -0.39 is 11.7 Å². The van der Waals surface area contributed by atoms with Crippen LogP contribution in [0.4, 0.5) is 27.4 Å². The predicted molar refractivity (Wildman–Crippen MR) is 146 cm³/mol. The Morgan fingerprint density at radius 2 is 2.03 bits per heavy atom. The van der Waals surface area contributed by atoms with Crippen molar-refractivity contribution < 1.29 is 14.3 Å². The normalized spacial score (nSPS) is 16.3. The molecule has 1 aromatic heterocycles. The van der Waals surface area contributed by atoms with E-state index in [1.54, 1.807) is 6.07 Å². The number of para-hydroxylation sites is 1. The molecule has 2 N–H and O–H groups in total. The molecule has 0 aliphatic carbocycles. The number of hydrogen-bond donors (Lipinski definition) is 2. The van der Waals surface area contributed by atoms with Gasteiger partial charge in [0.1, 0.15) is 10.8 Å². The second kappa shape index (κ2) is 10.8. The number of nitrogens with zero attached hydrogens (tertiary/aromatic N) is 5. The summed E-state index contributed by atoms with van der Waals surface area (Å²) in [5, 5.41) is 13.9. The smallest absolute Gasteiger partial charge is 0.263 e. The van der Waals surface area contributed by atoms with Crippen molar-refractivity contribution in [3.05, 3.63) is 64.6 Å². The molecule has 2 aliphatic rings. The molecule has 11 heteroatoms. The maximum Gasteiger partial charge on any atom is 0.263 e. The summed E-state index contributed by atoms with van der Waals surface area (Å²) in [6.45, 7) is 1.80. The molecule has 0 atom stereocenters. The molecule has 0 spiro atoms. The third-order valence-electron chi connectivity index (χ3n) is 6.81. The Labute approximate surface area is 224 Å². The van der Waals surface area contributed by atoms with Crippen LogP contribution in [0.15, 0.2) is 47.6 Å². The maximum absolute atomic E-state index is 14.4. The number of benzene rings is 2. The van der Waals surface area contributed by atoms with Gasteiger partial charge in [0.15, 0.2) is 0 Å². The van der Waals surface area contributed by atoms with Crippen LogP contribution in [0.3, 0.4) is 0 Å². The highest BCUT2D eigenvalue weighted by atomic mass is 35.5. The van der Waals surface area contributed by atoms with E-state index in [9.17, 15) is 14.3 Å². The fraction of sp³-hybridized carbons (Fsp3) is 0.346. The average molecular weight is 543 g/mol. The Morgan fingerprint density at radius 1 is 1.24 bits per heavy atom. The van der Waals surface area contributed by atoms with Crippen molar-refractivity contribution in [3.63, 3.8) is 0 Å². The molecule has 0 unspecified atom stereocenters. The van der Waals surface area contributed by atoms with E-state index in [4.69, 9.17) is 11.6 Å². The summed E-state index contributed by atoms with van der Waals surface area (Å²) in [6, 6.07) is 10.8. The highest BCUT2D eigenvalue weighted by Gasteiger charge is 2.31. The van der Waals surface area contributed by atoms with Gasteiger partial charge in [0, 0.05) is 42.3 Å². The van der Waals surface area contributed by atoms with E-state index in [1.165, 1.54) is 35.0 Å². The van der Waals surface area contributed by atoms with Gasteiger partial charge in [0.05, 0.1) is 28.8 Å². The van der Waals surface area contributed by atoms with Crippen molar-refractivity contribution >= 4 is 52.3 Å². The van der Waals surface area contributed by atoms with Crippen LogP contribution in [0.25, 0.3) is 0 Å². The van der Waals surface area contributed by atoms with Gasteiger partial charge in [-0.2, -0.15) is 0 Å². The van der Waals surface area contributed by atoms with Gasteiger partial charge >= 0.3 is 0 Å². The van der Waals surface area contributed by atoms with Gasteiger partial charge in [-0.25, -0.2) is 14.4 Å². The molecule has 1 amide bonds. The van der Waals surface area contributed by atoms with Crippen LogP contribution < -0.4 is 15.1 Å². The first-order valence-corrected chi connectivity index (χ1v) is 13.4. The number of amides is 1. The number of piperidine rings is 1. The monoisotopic (exact) mass is 542 g/mol. The lowest BCUT2D eigenvalue weighted by atomic mass is 10.0. The highest BCUT2D eigenvalue weighted by molar-refractivity contribution is 7.99. The maximum atomic E-state index is 14.4. The number of halogens is 2. The molecule has 8 nitrogen and oxygen atoms in total. The molecule has 37 heavy (non-hydrogen) atoms. The number of nitrogens with one attached hydrogen (secondary N) is 1. The van der Waals surface area contributed by atoms with Gasteiger partial charge in [0.2, 0.25) is 5.95 Å². The van der Waals surface area contributed by atoms with Gasteiger partial charge in [-0.05, 0) is 57.3 Å². The van der Waals surface area contributed by atoms with E-state index in [-0.39, 0.29) is 28.8 Å². The van der Waals surface area contributed by atoms with Crippen LogP contribution in [0.2, 0.25) is 5.02 Å². The van der Waals surface area contributed by atoms with Crippen LogP contribution in [-0.2, 0) is 6.61 Å². The lowest BCUT2D eigenvalue weighted by molar-refractivity contribution is 0.0985. The number of hydrogen-bond acceptors (Lipinski definition) is 8. The van der Waals surface area contributed by atoms with Crippen molar-refractivity contribution in [1.82, 2.24) is 14.9 Å². The minimum Gasteiger partial charge on any atom is -0.392 e. The molecule has 0 radical (unpaired) electrons. The van der Waals surface area contributed by atoms with Crippen molar-refractivity contribution in [1.29, 1.82) is 0 Å². The molecular weight excluding hydrogens is 515 g/mol. The van der Waals surface area contributed by atoms with Crippen LogP contribution >= 0.6 is 23.4 Å². The minimum atomic E-state index is -0.561. The third-order valence-corrected chi connectivity index (χ3v) is 8.09. The van der Waals surface area contributed by atoms with Gasteiger partial charge in [0.25, 0.3) is 5.91 Å². The van der Waals surface area contributed by atoms with Crippen LogP contribution in [0.1, 0.15) is 28.8 Å². The van der Waals surface area contributed by atoms with E-state index in [0.29, 0.717) is 17.0 Å². The average Bonchev–Trinajstić information content (AvgIpc) is 2.90. The Hall–Kier alpha value is -2.92. The quantitative estimate of drug-likeness (QED) is 0.432. The number of anilines is 4. The fourth-order valence-corrected chi connectivity index (χ4v) is 5.99. The number of aliphatic hydroxyl groups is 1. The van der Waals surface area contributed by atoms with Gasteiger partial charge in [-0.1, -0.05) is 29.4 Å². The largest absolute Gasteiger partial charge is 0.392 e. The second-order valence-corrected chi connectivity index (χ2v) is 10.6. The Kier molecular flexibility index (Phi) is 7.52. The van der Waals surface area contributed by atoms with Gasteiger partial charge in [-0.15, -0.1) is 0 Å². The first-order valence-electron chi connectivity index (χ1n) is 12.0. The van der Waals surface area contributed by atoms with Crippen LogP contribution in [0.5, 0.6) is 0 Å². The second-order valence-electron chi connectivity index (χ2n) is 9.30. The number of aliphatic hydroxyl groups excluding tert-OH is 1. The zero-order chi connectivity index (χ0) is 26.1. The van der Waals surface area contributed by atoms with Crippen LogP contribution in [0, 0.1) is 5.82 Å². The minimum absolute atomic E-state index is 0.0529. The third kappa shape index (κ3) is 5.24. The Balaban J connectivity index is 1.32. The lowest BCUT2D eigenvalue weighted by Crippen LogP contribution is -2.42. The molecule has 1 fully saturated rings. The summed E-state index contributed by atoms with van der Waals surface area (Å²) >= 11 is 7.47. The first-order chi connectivity index (χ1) is 17.9. The summed E-state index contributed by atoms with van der Waals surface area (Å²) in [4.78, 5) is 27.8. The lowest BCUT2D eigenvalue weighted by Gasteiger charge is -2.37. The SMILES string of the molecule is CN(C)C1CCN(c2ccc(Nc3ncc4c(n3)SCN(c3c(F)cccc3Cl)C4=O)cc2CO)CC1. The van der Waals surface area contributed by atoms with E-state index >= 15 is 0 Å². The number of thioether (sulfide) groups is 1. The topological polar surface area (TPSA) is 84.8 Å². The summed E-state index contributed by atoms with van der Waals surface area (Å²) in [6.07, 6.45) is 3.60. The molecule has 0 bridgehead atoms. The molecule has 3 aromatic rings. The fourth-order valence-electron chi connectivity index (χ4n) is 4.78. The Bertz CT molecular complexity index is 1300. The van der Waals surface area contributed by atoms with Crippen molar-refractivity contribution in [3.8, 4) is 0 Å². The van der Waals surface area contributed by atoms with Crippen molar-refractivity contribution in [2.75, 3.05) is 48.2 Å². The first kappa shape index (κ1) is 25.7. The zero-order valence-electron chi connectivity index (χ0n) is 20.6. The Morgan fingerprint density at radius 3 is 2.73 bits per heavy atom. The van der Waals surface area contributed by atoms with E-state index in [1.807, 2.05) is 18.2 Å². The highest BCUT2D eigenvalue weighted by Crippen LogP contribution is 2.37. The van der Waals surface area contributed by atoms with Crippen molar-refractivity contribution in [2.45, 2.75) is 30.5 Å². The summed E-state index contributed by atoms with van der Waals surface area (Å²) in [7, 11) is 4.23. The van der Waals surface area contributed by atoms with E-state index in [2.05, 4.69) is 39.2 Å². The number of carbonyl (C=O) groups excluding carboxylic acids is 1. The summed E-state index contributed by atoms with van der Waals surface area (Å²) < 4.78 is 14.4. The molecule has 2 aromatic carbocycles. The number of carbonyl (C=O) groups is 1. The van der Waals surface area contributed by atoms with E-state index in [0.717, 1.165) is 42.9 Å². The molecule has 0 saturated carbocycles. The predicted octanol–water partition coefficient (Wildman–Crippen LogP) is 4.75. The van der Waals surface area contributed by atoms with Crippen molar-refractivity contribution in [2.24, 2.45) is 0 Å².